The van der Waals surface area contributed by atoms with Crippen molar-refractivity contribution in [2.24, 2.45) is 0 Å². The fourth-order valence-electron chi connectivity index (χ4n) is 4.02. The van der Waals surface area contributed by atoms with Crippen molar-refractivity contribution in [1.29, 1.82) is 0 Å². The molecule has 1 amide bonds. The molecule has 0 bridgehead atoms. The SMILES string of the molecule is CC1(C)CC[C@H](NC(=O)Cn2c(=O)cnc3ccccc32)c2ccccc21. The molecule has 0 unspecified atom stereocenters. The number of benzene rings is 2. The zero-order chi connectivity index (χ0) is 19.0. The average molecular weight is 361 g/mol. The van der Waals surface area contributed by atoms with E-state index in [9.17, 15) is 9.59 Å². The molecule has 0 spiro atoms. The molecule has 2 aromatic carbocycles. The lowest BCUT2D eigenvalue weighted by Crippen LogP contribution is -2.38. The van der Waals surface area contributed by atoms with Crippen molar-refractivity contribution in [1.82, 2.24) is 14.9 Å². The molecule has 1 aromatic heterocycles. The van der Waals surface area contributed by atoms with Gasteiger partial charge in [0.2, 0.25) is 5.91 Å². The first kappa shape index (κ1) is 17.5. The van der Waals surface area contributed by atoms with Gasteiger partial charge in [-0.15, -0.1) is 0 Å². The first-order valence-corrected chi connectivity index (χ1v) is 9.29. The minimum Gasteiger partial charge on any atom is -0.348 e. The van der Waals surface area contributed by atoms with Gasteiger partial charge in [-0.1, -0.05) is 50.2 Å². The van der Waals surface area contributed by atoms with Crippen molar-refractivity contribution < 1.29 is 4.79 Å². The van der Waals surface area contributed by atoms with Gasteiger partial charge in [0.25, 0.3) is 5.56 Å². The van der Waals surface area contributed by atoms with Crippen LogP contribution < -0.4 is 10.9 Å². The first-order valence-electron chi connectivity index (χ1n) is 9.29. The minimum absolute atomic E-state index is 0.00999. The summed E-state index contributed by atoms with van der Waals surface area (Å²) in [4.78, 5) is 29.2. The van der Waals surface area contributed by atoms with Gasteiger partial charge in [-0.3, -0.25) is 14.2 Å². The van der Waals surface area contributed by atoms with E-state index < -0.39 is 0 Å². The minimum atomic E-state index is -0.269. The molecule has 1 atom stereocenters. The van der Waals surface area contributed by atoms with Gasteiger partial charge >= 0.3 is 0 Å². The number of hydrogen-bond donors (Lipinski definition) is 1. The van der Waals surface area contributed by atoms with Crippen LogP contribution in [0.15, 0.2) is 59.5 Å². The van der Waals surface area contributed by atoms with Gasteiger partial charge in [-0.25, -0.2) is 4.98 Å². The van der Waals surface area contributed by atoms with Gasteiger partial charge < -0.3 is 5.32 Å². The Bertz CT molecular complexity index is 1070. The standard InChI is InChI=1S/C22H23N3O2/c1-22(2)12-11-17(15-7-3-4-8-16(15)22)24-20(26)14-25-19-10-6-5-9-18(19)23-13-21(25)27/h3-10,13,17H,11-12,14H2,1-2H3,(H,24,26)/t17-/m0/s1. The molecule has 0 fully saturated rings. The second-order valence-electron chi connectivity index (χ2n) is 7.80. The summed E-state index contributed by atoms with van der Waals surface area (Å²) >= 11 is 0. The van der Waals surface area contributed by atoms with Crippen LogP contribution in [0, 0.1) is 0 Å². The molecule has 0 aliphatic heterocycles. The first-order chi connectivity index (χ1) is 13.0. The van der Waals surface area contributed by atoms with E-state index in [1.807, 2.05) is 36.4 Å². The third-order valence-corrected chi connectivity index (χ3v) is 5.51. The Morgan fingerprint density at radius 1 is 1.19 bits per heavy atom. The van der Waals surface area contributed by atoms with Crippen LogP contribution in [0.2, 0.25) is 0 Å². The highest BCUT2D eigenvalue weighted by molar-refractivity contribution is 5.80. The maximum atomic E-state index is 12.8. The van der Waals surface area contributed by atoms with Crippen LogP contribution in [-0.2, 0) is 16.8 Å². The molecule has 1 N–H and O–H groups in total. The van der Waals surface area contributed by atoms with Crippen LogP contribution in [0.3, 0.4) is 0 Å². The van der Waals surface area contributed by atoms with Crippen LogP contribution in [0.5, 0.6) is 0 Å². The Hall–Kier alpha value is -2.95. The van der Waals surface area contributed by atoms with E-state index in [4.69, 9.17) is 0 Å². The van der Waals surface area contributed by atoms with E-state index in [0.29, 0.717) is 11.0 Å². The Balaban J connectivity index is 1.60. The van der Waals surface area contributed by atoms with Gasteiger partial charge in [0, 0.05) is 0 Å². The van der Waals surface area contributed by atoms with Crippen molar-refractivity contribution in [3.05, 3.63) is 76.2 Å². The molecule has 1 heterocycles. The number of aromatic nitrogens is 2. The molecule has 1 aliphatic carbocycles. The number of nitrogens with one attached hydrogen (secondary N) is 1. The quantitative estimate of drug-likeness (QED) is 0.778. The molecule has 27 heavy (non-hydrogen) atoms. The van der Waals surface area contributed by atoms with Gasteiger partial charge in [-0.05, 0) is 41.5 Å². The van der Waals surface area contributed by atoms with Crippen LogP contribution in [0.25, 0.3) is 11.0 Å². The van der Waals surface area contributed by atoms with Crippen molar-refractivity contribution in [3.63, 3.8) is 0 Å². The Labute approximate surface area is 158 Å². The molecule has 5 heteroatoms. The molecule has 4 rings (SSSR count). The maximum absolute atomic E-state index is 12.8. The van der Waals surface area contributed by atoms with E-state index in [1.165, 1.54) is 21.9 Å². The summed E-state index contributed by atoms with van der Waals surface area (Å²) in [7, 11) is 0. The number of hydrogen-bond acceptors (Lipinski definition) is 3. The zero-order valence-corrected chi connectivity index (χ0v) is 15.6. The fourth-order valence-corrected chi connectivity index (χ4v) is 4.02. The van der Waals surface area contributed by atoms with Gasteiger partial charge in [0.1, 0.15) is 6.54 Å². The molecule has 1 aliphatic rings. The Kier molecular flexibility index (Phi) is 4.30. The van der Waals surface area contributed by atoms with Crippen LogP contribution in [0.4, 0.5) is 0 Å². The van der Waals surface area contributed by atoms with E-state index in [-0.39, 0.29) is 29.5 Å². The number of rotatable bonds is 3. The van der Waals surface area contributed by atoms with Crippen molar-refractivity contribution in [2.45, 2.75) is 44.7 Å². The highest BCUT2D eigenvalue weighted by Crippen LogP contribution is 2.41. The molecule has 138 valence electrons. The second-order valence-corrected chi connectivity index (χ2v) is 7.80. The van der Waals surface area contributed by atoms with Crippen molar-refractivity contribution in [3.8, 4) is 0 Å². The van der Waals surface area contributed by atoms with E-state index in [0.717, 1.165) is 12.8 Å². The number of amides is 1. The topological polar surface area (TPSA) is 64.0 Å². The molecule has 0 saturated carbocycles. The van der Waals surface area contributed by atoms with Crippen LogP contribution in [-0.4, -0.2) is 15.5 Å². The predicted molar refractivity (Wildman–Crippen MR) is 106 cm³/mol. The smallest absolute Gasteiger partial charge is 0.269 e. The number of carbonyl (C=O) groups excluding carboxylic acids is 1. The van der Waals surface area contributed by atoms with Crippen molar-refractivity contribution in [2.75, 3.05) is 0 Å². The number of nitrogens with zero attached hydrogens (tertiary/aromatic N) is 2. The van der Waals surface area contributed by atoms with Gasteiger partial charge in [0.05, 0.1) is 23.3 Å². The third-order valence-electron chi connectivity index (χ3n) is 5.51. The number of fused-ring (bicyclic) bond motifs is 2. The summed E-state index contributed by atoms with van der Waals surface area (Å²) in [6.07, 6.45) is 3.17. The van der Waals surface area contributed by atoms with E-state index in [1.54, 1.807) is 0 Å². The lowest BCUT2D eigenvalue weighted by Gasteiger charge is -2.37. The van der Waals surface area contributed by atoms with E-state index >= 15 is 0 Å². The molecular formula is C22H23N3O2. The molecule has 3 aromatic rings. The predicted octanol–water partition coefficient (Wildman–Crippen LogP) is 3.33. The fraction of sp³-hybridized carbons (Fsp3) is 0.318. The molecule has 0 saturated heterocycles. The van der Waals surface area contributed by atoms with Gasteiger partial charge in [0.15, 0.2) is 0 Å². The summed E-state index contributed by atoms with van der Waals surface area (Å²) < 4.78 is 1.48. The molecular weight excluding hydrogens is 338 g/mol. The lowest BCUT2D eigenvalue weighted by atomic mass is 9.71. The summed E-state index contributed by atoms with van der Waals surface area (Å²) in [6, 6.07) is 15.6. The second kappa shape index (κ2) is 6.65. The number of para-hydroxylation sites is 2. The van der Waals surface area contributed by atoms with Crippen LogP contribution >= 0.6 is 0 Å². The normalized spacial score (nSPS) is 18.1. The average Bonchev–Trinajstić information content (AvgIpc) is 2.67. The third kappa shape index (κ3) is 3.25. The summed E-state index contributed by atoms with van der Waals surface area (Å²) in [5.74, 6) is -0.159. The Morgan fingerprint density at radius 2 is 1.93 bits per heavy atom. The lowest BCUT2D eigenvalue weighted by molar-refractivity contribution is -0.122. The summed E-state index contributed by atoms with van der Waals surface area (Å²) in [5, 5.41) is 3.13. The zero-order valence-electron chi connectivity index (χ0n) is 15.6. The summed E-state index contributed by atoms with van der Waals surface area (Å²) in [6.45, 7) is 4.48. The monoisotopic (exact) mass is 361 g/mol. The van der Waals surface area contributed by atoms with Gasteiger partial charge in [-0.2, -0.15) is 0 Å². The highest BCUT2D eigenvalue weighted by Gasteiger charge is 2.32. The largest absolute Gasteiger partial charge is 0.348 e. The number of carbonyl (C=O) groups is 1. The van der Waals surface area contributed by atoms with Crippen LogP contribution in [0.1, 0.15) is 43.9 Å². The molecule has 0 radical (unpaired) electrons. The van der Waals surface area contributed by atoms with Crippen molar-refractivity contribution >= 4 is 16.9 Å². The van der Waals surface area contributed by atoms with E-state index in [2.05, 4.69) is 36.3 Å². The molecule has 5 nitrogen and oxygen atoms in total. The summed E-state index contributed by atoms with van der Waals surface area (Å²) in [5.41, 5.74) is 3.67. The maximum Gasteiger partial charge on any atom is 0.269 e. The highest BCUT2D eigenvalue weighted by atomic mass is 16.2. The Morgan fingerprint density at radius 3 is 2.78 bits per heavy atom.